The summed E-state index contributed by atoms with van der Waals surface area (Å²) >= 11 is 0. The predicted octanol–water partition coefficient (Wildman–Crippen LogP) is 4.27. The van der Waals surface area contributed by atoms with Crippen molar-refractivity contribution in [2.45, 2.75) is 24.6 Å². The normalized spacial score (nSPS) is 22.8. The third-order valence-electron chi connectivity index (χ3n) is 5.33. The molecule has 0 radical (unpaired) electrons. The fourth-order valence-electron chi connectivity index (χ4n) is 3.79. The van der Waals surface area contributed by atoms with Gasteiger partial charge in [-0.1, -0.05) is 49.0 Å². The molecule has 0 N–H and O–H groups in total. The second kappa shape index (κ2) is 7.10. The average molecular weight is 363 g/mol. The lowest BCUT2D eigenvalue weighted by molar-refractivity contribution is -0.163. The van der Waals surface area contributed by atoms with Gasteiger partial charge in [0.05, 0.1) is 11.9 Å². The molecule has 1 saturated heterocycles. The van der Waals surface area contributed by atoms with E-state index >= 15 is 0 Å². The maximum Gasteiger partial charge on any atom is 0.123 e. The zero-order chi connectivity index (χ0) is 18.9. The number of likely N-dealkylation sites (N-methyl/N-ethyl adjacent to an activating group) is 1. The molecular formula is C22H22FN3O. The largest absolute Gasteiger partial charge is 0.335 e. The van der Waals surface area contributed by atoms with E-state index in [1.807, 2.05) is 65.3 Å². The van der Waals surface area contributed by atoms with Crippen molar-refractivity contribution in [2.24, 2.45) is 0 Å². The summed E-state index contributed by atoms with van der Waals surface area (Å²) in [5.74, 6) is -0.247. The first-order valence-electron chi connectivity index (χ1n) is 8.95. The van der Waals surface area contributed by atoms with Crippen LogP contribution in [-0.2, 0) is 16.9 Å². The molecule has 4 nitrogen and oxygen atoms in total. The van der Waals surface area contributed by atoms with Crippen LogP contribution in [0.15, 0.2) is 79.9 Å². The third-order valence-corrected chi connectivity index (χ3v) is 5.33. The van der Waals surface area contributed by atoms with E-state index in [2.05, 4.69) is 11.6 Å². The second-order valence-electron chi connectivity index (χ2n) is 6.96. The quantitative estimate of drug-likeness (QED) is 0.678. The van der Waals surface area contributed by atoms with Gasteiger partial charge in [-0.15, -0.1) is 0 Å². The van der Waals surface area contributed by atoms with Crippen molar-refractivity contribution < 1.29 is 9.23 Å². The SMILES string of the molecule is C=C(c1ccccc1)C1CC(Cn2ccnc2)(c2ccc(F)cc2)N(C)O1. The van der Waals surface area contributed by atoms with Crippen LogP contribution in [0.4, 0.5) is 4.39 Å². The minimum absolute atomic E-state index is 0.161. The van der Waals surface area contributed by atoms with Crippen molar-refractivity contribution in [2.75, 3.05) is 7.05 Å². The molecule has 1 fully saturated rings. The van der Waals surface area contributed by atoms with E-state index in [4.69, 9.17) is 4.84 Å². The van der Waals surface area contributed by atoms with Gasteiger partial charge in [0.25, 0.3) is 0 Å². The minimum atomic E-state index is -0.448. The highest BCUT2D eigenvalue weighted by molar-refractivity contribution is 5.67. The molecule has 4 rings (SSSR count). The highest BCUT2D eigenvalue weighted by Crippen LogP contribution is 2.44. The van der Waals surface area contributed by atoms with Crippen LogP contribution in [0.2, 0.25) is 0 Å². The standard InChI is InChI=1S/C22H22FN3O/c1-17(18-6-4-3-5-7-18)21-14-22(25(2)27-21,15-26-13-12-24-16-26)19-8-10-20(23)11-9-19/h3-13,16,21H,1,14-15H2,2H3. The Bertz CT molecular complexity index is 909. The highest BCUT2D eigenvalue weighted by Gasteiger charge is 2.47. The fraction of sp³-hybridized carbons (Fsp3) is 0.227. The van der Waals surface area contributed by atoms with Gasteiger partial charge in [0.15, 0.2) is 0 Å². The lowest BCUT2D eigenvalue weighted by Gasteiger charge is -2.34. The van der Waals surface area contributed by atoms with Gasteiger partial charge in [-0.05, 0) is 28.8 Å². The van der Waals surface area contributed by atoms with E-state index in [0.717, 1.165) is 16.7 Å². The van der Waals surface area contributed by atoms with Crippen LogP contribution >= 0.6 is 0 Å². The maximum absolute atomic E-state index is 13.5. The Labute approximate surface area is 158 Å². The third kappa shape index (κ3) is 3.31. The van der Waals surface area contributed by atoms with Crippen molar-refractivity contribution in [1.29, 1.82) is 0 Å². The maximum atomic E-state index is 13.5. The molecule has 1 aliphatic heterocycles. The number of aromatic nitrogens is 2. The summed E-state index contributed by atoms with van der Waals surface area (Å²) in [6, 6.07) is 16.7. The molecule has 138 valence electrons. The van der Waals surface area contributed by atoms with Crippen molar-refractivity contribution in [3.8, 4) is 0 Å². The average Bonchev–Trinajstić information content (AvgIpc) is 3.31. The Balaban J connectivity index is 1.70. The number of benzene rings is 2. The molecule has 2 heterocycles. The lowest BCUT2D eigenvalue weighted by Crippen LogP contribution is -2.41. The van der Waals surface area contributed by atoms with Crippen LogP contribution in [0.25, 0.3) is 5.57 Å². The number of rotatable bonds is 5. The van der Waals surface area contributed by atoms with Crippen LogP contribution in [0, 0.1) is 5.82 Å². The summed E-state index contributed by atoms with van der Waals surface area (Å²) in [6.45, 7) is 4.93. The first-order valence-corrected chi connectivity index (χ1v) is 8.95. The number of hydrogen-bond acceptors (Lipinski definition) is 3. The van der Waals surface area contributed by atoms with Gasteiger partial charge in [0, 0.05) is 32.4 Å². The number of imidazole rings is 1. The van der Waals surface area contributed by atoms with Gasteiger partial charge in [-0.25, -0.2) is 9.37 Å². The molecule has 3 aromatic rings. The Hall–Kier alpha value is -2.76. The predicted molar refractivity (Wildman–Crippen MR) is 103 cm³/mol. The molecule has 0 bridgehead atoms. The summed E-state index contributed by atoms with van der Waals surface area (Å²) in [5.41, 5.74) is 2.56. The van der Waals surface area contributed by atoms with Gasteiger partial charge in [-0.2, -0.15) is 5.06 Å². The Morgan fingerprint density at radius 3 is 2.63 bits per heavy atom. The van der Waals surface area contributed by atoms with E-state index < -0.39 is 5.54 Å². The molecular weight excluding hydrogens is 341 g/mol. The van der Waals surface area contributed by atoms with Crippen molar-refractivity contribution in [1.82, 2.24) is 14.6 Å². The second-order valence-corrected chi connectivity index (χ2v) is 6.96. The van der Waals surface area contributed by atoms with Gasteiger partial charge >= 0.3 is 0 Å². The zero-order valence-corrected chi connectivity index (χ0v) is 15.3. The fourth-order valence-corrected chi connectivity index (χ4v) is 3.79. The molecule has 1 aliphatic rings. The number of hydroxylamine groups is 2. The van der Waals surface area contributed by atoms with Crippen LogP contribution in [0.1, 0.15) is 17.5 Å². The van der Waals surface area contributed by atoms with E-state index in [1.54, 1.807) is 12.5 Å². The molecule has 2 aromatic carbocycles. The summed E-state index contributed by atoms with van der Waals surface area (Å²) in [5, 5.41) is 1.89. The van der Waals surface area contributed by atoms with Crippen LogP contribution in [-0.4, -0.2) is 27.8 Å². The van der Waals surface area contributed by atoms with E-state index in [9.17, 15) is 4.39 Å². The number of halogens is 1. The first-order chi connectivity index (χ1) is 13.1. The number of nitrogens with zero attached hydrogens (tertiary/aromatic N) is 3. The molecule has 0 aliphatic carbocycles. The molecule has 5 heteroatoms. The molecule has 2 unspecified atom stereocenters. The van der Waals surface area contributed by atoms with Crippen molar-refractivity contribution in [3.05, 3.63) is 96.8 Å². The van der Waals surface area contributed by atoms with Gasteiger partial charge in [0.2, 0.25) is 0 Å². The molecule has 0 amide bonds. The van der Waals surface area contributed by atoms with Gasteiger partial charge < -0.3 is 4.57 Å². The monoisotopic (exact) mass is 363 g/mol. The van der Waals surface area contributed by atoms with E-state index in [0.29, 0.717) is 13.0 Å². The molecule has 2 atom stereocenters. The summed E-state index contributed by atoms with van der Waals surface area (Å²) in [7, 11) is 1.93. The highest BCUT2D eigenvalue weighted by atomic mass is 19.1. The number of hydrogen-bond donors (Lipinski definition) is 0. The molecule has 1 aromatic heterocycles. The topological polar surface area (TPSA) is 30.3 Å². The summed E-state index contributed by atoms with van der Waals surface area (Å²) in [6.07, 6.45) is 6.03. The van der Waals surface area contributed by atoms with Crippen LogP contribution in [0.5, 0.6) is 0 Å². The zero-order valence-electron chi connectivity index (χ0n) is 15.3. The summed E-state index contributed by atoms with van der Waals surface area (Å²) < 4.78 is 15.5. The smallest absolute Gasteiger partial charge is 0.123 e. The van der Waals surface area contributed by atoms with Crippen LogP contribution < -0.4 is 0 Å². The van der Waals surface area contributed by atoms with Gasteiger partial charge in [-0.3, -0.25) is 4.84 Å². The van der Waals surface area contributed by atoms with Gasteiger partial charge in [0.1, 0.15) is 11.9 Å². The Morgan fingerprint density at radius 1 is 1.22 bits per heavy atom. The van der Waals surface area contributed by atoms with Crippen LogP contribution in [0.3, 0.4) is 0 Å². The van der Waals surface area contributed by atoms with E-state index in [-0.39, 0.29) is 11.9 Å². The Kier molecular flexibility index (Phi) is 4.64. The first kappa shape index (κ1) is 17.6. The molecule has 0 saturated carbocycles. The minimum Gasteiger partial charge on any atom is -0.335 e. The van der Waals surface area contributed by atoms with E-state index in [1.165, 1.54) is 12.1 Å². The molecule has 27 heavy (non-hydrogen) atoms. The van der Waals surface area contributed by atoms with Crippen molar-refractivity contribution in [3.63, 3.8) is 0 Å². The molecule has 0 spiro atoms. The van der Waals surface area contributed by atoms with Crippen molar-refractivity contribution >= 4 is 5.57 Å². The summed E-state index contributed by atoms with van der Waals surface area (Å²) in [4.78, 5) is 10.4. The Morgan fingerprint density at radius 2 is 1.96 bits per heavy atom. The lowest BCUT2D eigenvalue weighted by atomic mass is 9.83.